The van der Waals surface area contributed by atoms with Gasteiger partial charge in [-0.25, -0.2) is 0 Å². The summed E-state index contributed by atoms with van der Waals surface area (Å²) in [4.78, 5) is 12.8. The number of aromatic nitrogens is 1. The second-order valence-electron chi connectivity index (χ2n) is 6.87. The van der Waals surface area contributed by atoms with Gasteiger partial charge in [-0.05, 0) is 48.6 Å². The van der Waals surface area contributed by atoms with E-state index in [1.165, 1.54) is 5.56 Å². The van der Waals surface area contributed by atoms with Crippen molar-refractivity contribution in [3.8, 4) is 11.5 Å². The molecule has 5 nitrogen and oxygen atoms in total. The van der Waals surface area contributed by atoms with Crippen LogP contribution >= 0.6 is 0 Å². The third kappa shape index (κ3) is 2.86. The summed E-state index contributed by atoms with van der Waals surface area (Å²) in [5.41, 5.74) is 2.12. The Labute approximate surface area is 146 Å². The maximum atomic E-state index is 12.8. The van der Waals surface area contributed by atoms with Crippen LogP contribution < -0.4 is 5.32 Å². The summed E-state index contributed by atoms with van der Waals surface area (Å²) in [7, 11) is 0. The maximum Gasteiger partial charge on any atom is 0.236 e. The Balaban J connectivity index is 1.51. The molecule has 1 aliphatic carbocycles. The van der Waals surface area contributed by atoms with Crippen molar-refractivity contribution in [3.63, 3.8) is 0 Å². The number of furan rings is 1. The number of carbonyl (C=O) groups excluding carboxylic acids is 1. The van der Waals surface area contributed by atoms with Crippen LogP contribution in [-0.2, 0) is 10.2 Å². The van der Waals surface area contributed by atoms with Crippen LogP contribution in [0, 0.1) is 0 Å². The van der Waals surface area contributed by atoms with Crippen LogP contribution in [0.1, 0.15) is 43.9 Å². The fraction of sp³-hybridized carbons (Fsp3) is 0.300. The summed E-state index contributed by atoms with van der Waals surface area (Å²) in [6, 6.07) is 13.4. The number of rotatable bonds is 5. The summed E-state index contributed by atoms with van der Waals surface area (Å²) in [5, 5.41) is 7.12. The molecule has 5 heteroatoms. The van der Waals surface area contributed by atoms with Gasteiger partial charge in [0.05, 0.1) is 17.4 Å². The number of carbonyl (C=O) groups is 1. The minimum atomic E-state index is -0.592. The van der Waals surface area contributed by atoms with Crippen LogP contribution in [0.3, 0.4) is 0 Å². The lowest BCUT2D eigenvalue weighted by molar-refractivity contribution is -0.118. The van der Waals surface area contributed by atoms with Crippen molar-refractivity contribution in [2.75, 3.05) is 5.32 Å². The molecule has 0 spiro atoms. The van der Waals surface area contributed by atoms with Crippen molar-refractivity contribution in [3.05, 3.63) is 60.0 Å². The monoisotopic (exact) mass is 336 g/mol. The highest BCUT2D eigenvalue weighted by molar-refractivity contribution is 6.01. The quantitative estimate of drug-likeness (QED) is 0.731. The fourth-order valence-corrected chi connectivity index (χ4v) is 2.96. The van der Waals surface area contributed by atoms with Crippen LogP contribution in [-0.4, -0.2) is 11.1 Å². The summed E-state index contributed by atoms with van der Waals surface area (Å²) in [6.45, 7) is 4.29. The van der Waals surface area contributed by atoms with Crippen LogP contribution in [0.4, 0.5) is 5.69 Å². The molecule has 0 unspecified atom stereocenters. The molecule has 2 heterocycles. The zero-order valence-corrected chi connectivity index (χ0v) is 14.3. The van der Waals surface area contributed by atoms with Gasteiger partial charge in [-0.15, -0.1) is 0 Å². The predicted octanol–water partition coefficient (Wildman–Crippen LogP) is 4.73. The molecule has 1 aromatic carbocycles. The highest BCUT2D eigenvalue weighted by Gasteiger charge is 2.54. The highest BCUT2D eigenvalue weighted by atomic mass is 16.5. The predicted molar refractivity (Wildman–Crippen MR) is 94.3 cm³/mol. The van der Waals surface area contributed by atoms with Gasteiger partial charge in [0, 0.05) is 11.8 Å². The first-order valence-corrected chi connectivity index (χ1v) is 8.51. The van der Waals surface area contributed by atoms with Crippen LogP contribution in [0.25, 0.3) is 11.5 Å². The third-order valence-corrected chi connectivity index (χ3v) is 4.78. The molecule has 1 saturated carbocycles. The topological polar surface area (TPSA) is 68.3 Å². The van der Waals surface area contributed by atoms with Gasteiger partial charge in [-0.3, -0.25) is 4.79 Å². The molecule has 0 radical (unpaired) electrons. The van der Waals surface area contributed by atoms with Crippen molar-refractivity contribution in [1.29, 1.82) is 0 Å². The molecular formula is C20H20N2O3. The summed E-state index contributed by atoms with van der Waals surface area (Å²) in [5.74, 6) is 1.58. The van der Waals surface area contributed by atoms with Gasteiger partial charge in [-0.1, -0.05) is 31.1 Å². The Morgan fingerprint density at radius 3 is 2.52 bits per heavy atom. The van der Waals surface area contributed by atoms with E-state index in [-0.39, 0.29) is 5.91 Å². The molecule has 0 bridgehead atoms. The second kappa shape index (κ2) is 5.92. The Hall–Kier alpha value is -2.82. The van der Waals surface area contributed by atoms with E-state index < -0.39 is 5.41 Å². The summed E-state index contributed by atoms with van der Waals surface area (Å²) >= 11 is 0. The number of hydrogen-bond acceptors (Lipinski definition) is 4. The molecule has 25 heavy (non-hydrogen) atoms. The number of anilines is 1. The smallest absolute Gasteiger partial charge is 0.236 e. The molecule has 3 aromatic rings. The van der Waals surface area contributed by atoms with Gasteiger partial charge < -0.3 is 14.3 Å². The first-order valence-electron chi connectivity index (χ1n) is 8.51. The van der Waals surface area contributed by atoms with Gasteiger partial charge in [0.2, 0.25) is 11.7 Å². The van der Waals surface area contributed by atoms with E-state index in [0.717, 1.165) is 18.5 Å². The third-order valence-electron chi connectivity index (χ3n) is 4.78. The van der Waals surface area contributed by atoms with Crippen molar-refractivity contribution in [2.24, 2.45) is 0 Å². The molecule has 1 amide bonds. The van der Waals surface area contributed by atoms with Crippen molar-refractivity contribution >= 4 is 11.6 Å². The van der Waals surface area contributed by atoms with Crippen molar-refractivity contribution in [1.82, 2.24) is 5.16 Å². The average Bonchev–Trinajstić information content (AvgIpc) is 3.02. The largest absolute Gasteiger partial charge is 0.461 e. The molecule has 1 aliphatic rings. The van der Waals surface area contributed by atoms with E-state index in [2.05, 4.69) is 24.3 Å². The summed E-state index contributed by atoms with van der Waals surface area (Å²) in [6.07, 6.45) is 3.12. The Bertz CT molecular complexity index is 872. The number of nitrogens with one attached hydrogen (secondary N) is 1. The lowest BCUT2D eigenvalue weighted by atomic mass is 10.00. The van der Waals surface area contributed by atoms with Crippen LogP contribution in [0.15, 0.2) is 57.7 Å². The molecule has 1 N–H and O–H groups in total. The van der Waals surface area contributed by atoms with Crippen LogP contribution in [0.2, 0.25) is 0 Å². The van der Waals surface area contributed by atoms with Gasteiger partial charge in [0.1, 0.15) is 0 Å². The van der Waals surface area contributed by atoms with Gasteiger partial charge >= 0.3 is 0 Å². The Kier molecular flexibility index (Phi) is 3.71. The number of hydrogen-bond donors (Lipinski definition) is 1. The minimum absolute atomic E-state index is 0.0379. The Morgan fingerprint density at radius 2 is 1.92 bits per heavy atom. The minimum Gasteiger partial charge on any atom is -0.461 e. The van der Waals surface area contributed by atoms with Gasteiger partial charge in [-0.2, -0.15) is 0 Å². The number of benzene rings is 1. The molecule has 0 aliphatic heterocycles. The first kappa shape index (κ1) is 15.7. The normalized spacial score (nSPS) is 15.3. The summed E-state index contributed by atoms with van der Waals surface area (Å²) < 4.78 is 10.7. The zero-order valence-electron chi connectivity index (χ0n) is 14.3. The van der Waals surface area contributed by atoms with E-state index in [4.69, 9.17) is 8.94 Å². The van der Waals surface area contributed by atoms with E-state index in [1.54, 1.807) is 24.5 Å². The molecule has 4 rings (SSSR count). The van der Waals surface area contributed by atoms with Crippen LogP contribution in [0.5, 0.6) is 0 Å². The number of nitrogens with zero attached hydrogens (tertiary/aromatic N) is 1. The first-order chi connectivity index (χ1) is 12.1. The van der Waals surface area contributed by atoms with E-state index in [0.29, 0.717) is 23.1 Å². The SMILES string of the molecule is CC(C)c1ccc(NC(=O)C2(c3cc(-c4ccco4)on3)CC2)cc1. The van der Waals surface area contributed by atoms with E-state index >= 15 is 0 Å². The van der Waals surface area contributed by atoms with E-state index in [9.17, 15) is 4.79 Å². The van der Waals surface area contributed by atoms with Gasteiger partial charge in [0.15, 0.2) is 5.76 Å². The molecule has 2 aromatic heterocycles. The zero-order chi connectivity index (χ0) is 17.4. The molecule has 1 fully saturated rings. The fourth-order valence-electron chi connectivity index (χ4n) is 2.96. The van der Waals surface area contributed by atoms with Gasteiger partial charge in [0.25, 0.3) is 0 Å². The average molecular weight is 336 g/mol. The molecule has 0 saturated heterocycles. The molecular weight excluding hydrogens is 316 g/mol. The standard InChI is InChI=1S/C20H20N2O3/c1-13(2)14-5-7-15(8-6-14)21-19(23)20(9-10-20)18-12-17(25-22-18)16-4-3-11-24-16/h3-8,11-13H,9-10H2,1-2H3,(H,21,23). The lowest BCUT2D eigenvalue weighted by Crippen LogP contribution is -2.28. The number of amides is 1. The lowest BCUT2D eigenvalue weighted by Gasteiger charge is -2.13. The van der Waals surface area contributed by atoms with Crippen molar-refractivity contribution < 1.29 is 13.7 Å². The highest BCUT2D eigenvalue weighted by Crippen LogP contribution is 2.49. The maximum absolute atomic E-state index is 12.8. The van der Waals surface area contributed by atoms with Crippen molar-refractivity contribution in [2.45, 2.75) is 38.0 Å². The Morgan fingerprint density at radius 1 is 1.16 bits per heavy atom. The molecule has 0 atom stereocenters. The molecule has 128 valence electrons. The second-order valence-corrected chi connectivity index (χ2v) is 6.87. The van der Waals surface area contributed by atoms with E-state index in [1.807, 2.05) is 24.3 Å².